The summed E-state index contributed by atoms with van der Waals surface area (Å²) in [6.07, 6.45) is 0.0377. The van der Waals surface area contributed by atoms with Gasteiger partial charge in [-0.05, 0) is 17.7 Å². The highest BCUT2D eigenvalue weighted by Crippen LogP contribution is 2.21. The van der Waals surface area contributed by atoms with Gasteiger partial charge in [-0.2, -0.15) is 0 Å². The molecule has 63 valence electrons. The molecule has 0 fully saturated rings. The van der Waals surface area contributed by atoms with E-state index in [0.717, 1.165) is 0 Å². The smallest absolute Gasteiger partial charge is 0.242 e. The molecule has 0 atom stereocenters. The highest BCUT2D eigenvalue weighted by atomic mass is 35.5. The van der Waals surface area contributed by atoms with Crippen LogP contribution in [-0.2, 0) is 11.2 Å². The summed E-state index contributed by atoms with van der Waals surface area (Å²) in [6.45, 7) is 0. The average molecular weight is 203 g/mol. The minimum atomic E-state index is -0.653. The van der Waals surface area contributed by atoms with Gasteiger partial charge in [-0.3, -0.25) is 10.5 Å². The Hall–Kier alpha value is -0.730. The van der Waals surface area contributed by atoms with Gasteiger partial charge >= 0.3 is 0 Å². The summed E-state index contributed by atoms with van der Waals surface area (Å²) in [5.41, 5.74) is 7.37. The number of carbonyl (C=O) groups is 1. The zero-order valence-electron chi connectivity index (χ0n) is 6.10. The number of benzene rings is 1. The van der Waals surface area contributed by atoms with Gasteiger partial charge in [0.1, 0.15) is 0 Å². The van der Waals surface area contributed by atoms with Gasteiger partial charge in [-0.1, -0.05) is 29.3 Å². The summed E-state index contributed by atoms with van der Waals surface area (Å²) in [5, 5.41) is 0.962. The molecule has 1 N–H and O–H groups in total. The molecule has 0 aromatic heterocycles. The van der Waals surface area contributed by atoms with E-state index in [2.05, 4.69) is 0 Å². The lowest BCUT2D eigenvalue weighted by atomic mass is 10.1. The summed E-state index contributed by atoms with van der Waals surface area (Å²) in [6, 6.07) is 4.85. The van der Waals surface area contributed by atoms with E-state index in [9.17, 15) is 4.79 Å². The molecule has 12 heavy (non-hydrogen) atoms. The Morgan fingerprint density at radius 1 is 1.42 bits per heavy atom. The molecular formula is C8H6Cl2NO. The van der Waals surface area contributed by atoms with E-state index in [4.69, 9.17) is 28.9 Å². The zero-order valence-corrected chi connectivity index (χ0v) is 7.62. The predicted molar refractivity (Wildman–Crippen MR) is 48.3 cm³/mol. The van der Waals surface area contributed by atoms with Crippen LogP contribution < -0.4 is 5.73 Å². The van der Waals surface area contributed by atoms with Crippen molar-refractivity contribution in [3.05, 3.63) is 33.8 Å². The number of nitrogens with one attached hydrogen (secondary N) is 1. The summed E-state index contributed by atoms with van der Waals surface area (Å²) in [5.74, 6) is -0.653. The fourth-order valence-corrected chi connectivity index (χ4v) is 1.31. The standard InChI is InChI=1S/C8H6Cl2NO/c9-6-2-1-5(3-8(11)12)7(10)4-6/h1-2,4,11H,3H2. The number of hydrogen-bond acceptors (Lipinski definition) is 1. The van der Waals surface area contributed by atoms with Crippen LogP contribution in [0.15, 0.2) is 18.2 Å². The largest absolute Gasteiger partial charge is 0.273 e. The van der Waals surface area contributed by atoms with Crippen LogP contribution in [0, 0.1) is 0 Å². The topological polar surface area (TPSA) is 40.9 Å². The second kappa shape index (κ2) is 3.78. The molecule has 1 aromatic rings. The van der Waals surface area contributed by atoms with Crippen LogP contribution in [-0.4, -0.2) is 5.91 Å². The van der Waals surface area contributed by atoms with Gasteiger partial charge in [0.15, 0.2) is 0 Å². The molecule has 0 aliphatic carbocycles. The van der Waals surface area contributed by atoms with E-state index < -0.39 is 5.91 Å². The van der Waals surface area contributed by atoms with Crippen molar-refractivity contribution >= 4 is 29.1 Å². The first kappa shape index (κ1) is 9.36. The van der Waals surface area contributed by atoms with E-state index in [1.807, 2.05) is 0 Å². The number of rotatable bonds is 2. The highest BCUT2D eigenvalue weighted by molar-refractivity contribution is 6.35. The van der Waals surface area contributed by atoms with Crippen molar-refractivity contribution in [1.82, 2.24) is 5.73 Å². The summed E-state index contributed by atoms with van der Waals surface area (Å²) < 4.78 is 0. The normalized spacial score (nSPS) is 9.83. The fourth-order valence-electron chi connectivity index (χ4n) is 0.838. The van der Waals surface area contributed by atoms with Gasteiger partial charge in [0.2, 0.25) is 5.91 Å². The van der Waals surface area contributed by atoms with Gasteiger partial charge in [-0.15, -0.1) is 0 Å². The monoisotopic (exact) mass is 202 g/mol. The van der Waals surface area contributed by atoms with Crippen molar-refractivity contribution in [2.45, 2.75) is 6.42 Å². The van der Waals surface area contributed by atoms with Gasteiger partial charge in [0, 0.05) is 10.0 Å². The van der Waals surface area contributed by atoms with Crippen molar-refractivity contribution < 1.29 is 4.79 Å². The fraction of sp³-hybridized carbons (Fsp3) is 0.125. The van der Waals surface area contributed by atoms with Crippen molar-refractivity contribution in [2.75, 3.05) is 0 Å². The van der Waals surface area contributed by atoms with Gasteiger partial charge in [0.25, 0.3) is 0 Å². The van der Waals surface area contributed by atoms with E-state index in [1.54, 1.807) is 18.2 Å². The lowest BCUT2D eigenvalue weighted by Gasteiger charge is -2.00. The molecule has 0 heterocycles. The van der Waals surface area contributed by atoms with Crippen LogP contribution in [0.5, 0.6) is 0 Å². The number of halogens is 2. The second-order valence-corrected chi connectivity index (χ2v) is 3.18. The van der Waals surface area contributed by atoms with Gasteiger partial charge in [0.05, 0.1) is 6.42 Å². The molecule has 0 bridgehead atoms. The minimum absolute atomic E-state index is 0.0377. The van der Waals surface area contributed by atoms with Crippen LogP contribution in [0.1, 0.15) is 5.56 Å². The number of carbonyl (C=O) groups excluding carboxylic acids is 1. The summed E-state index contributed by atoms with van der Waals surface area (Å²) in [7, 11) is 0. The summed E-state index contributed by atoms with van der Waals surface area (Å²) in [4.78, 5) is 10.4. The second-order valence-electron chi connectivity index (χ2n) is 2.34. The Labute approximate surface area is 80.3 Å². The molecule has 1 radical (unpaired) electrons. The van der Waals surface area contributed by atoms with Crippen LogP contribution in [0.2, 0.25) is 10.0 Å². The first-order valence-electron chi connectivity index (χ1n) is 3.28. The van der Waals surface area contributed by atoms with Crippen LogP contribution in [0.4, 0.5) is 0 Å². The maximum atomic E-state index is 10.4. The van der Waals surface area contributed by atoms with Crippen LogP contribution in [0.3, 0.4) is 0 Å². The Balaban J connectivity index is 2.93. The van der Waals surface area contributed by atoms with Gasteiger partial charge < -0.3 is 0 Å². The lowest BCUT2D eigenvalue weighted by molar-refractivity contribution is -0.118. The Bertz CT molecular complexity index is 312. The third kappa shape index (κ3) is 2.40. The summed E-state index contributed by atoms with van der Waals surface area (Å²) >= 11 is 11.4. The van der Waals surface area contributed by atoms with E-state index in [1.165, 1.54) is 0 Å². The average Bonchev–Trinajstić information content (AvgIpc) is 1.94. The van der Waals surface area contributed by atoms with E-state index in [-0.39, 0.29) is 6.42 Å². The zero-order chi connectivity index (χ0) is 9.14. The molecule has 0 spiro atoms. The predicted octanol–water partition coefficient (Wildman–Crippen LogP) is 2.35. The van der Waals surface area contributed by atoms with E-state index >= 15 is 0 Å². The maximum Gasteiger partial charge on any atom is 0.242 e. The van der Waals surface area contributed by atoms with Crippen molar-refractivity contribution in [2.24, 2.45) is 0 Å². The molecule has 0 aliphatic heterocycles. The maximum absolute atomic E-state index is 10.4. The molecule has 4 heteroatoms. The molecule has 1 rings (SSSR count). The molecule has 0 unspecified atom stereocenters. The third-order valence-electron chi connectivity index (χ3n) is 1.37. The Morgan fingerprint density at radius 3 is 2.58 bits per heavy atom. The molecule has 0 aliphatic rings. The molecule has 1 aromatic carbocycles. The van der Waals surface area contributed by atoms with Crippen LogP contribution >= 0.6 is 23.2 Å². The molecule has 0 saturated carbocycles. The molecule has 2 nitrogen and oxygen atoms in total. The SMILES string of the molecule is [NH]C(=O)Cc1ccc(Cl)cc1Cl. The third-order valence-corrected chi connectivity index (χ3v) is 1.95. The van der Waals surface area contributed by atoms with Crippen LogP contribution in [0.25, 0.3) is 0 Å². The van der Waals surface area contributed by atoms with E-state index in [0.29, 0.717) is 15.6 Å². The Morgan fingerprint density at radius 2 is 2.08 bits per heavy atom. The lowest BCUT2D eigenvalue weighted by Crippen LogP contribution is -2.02. The van der Waals surface area contributed by atoms with Crippen molar-refractivity contribution in [1.29, 1.82) is 0 Å². The first-order valence-corrected chi connectivity index (χ1v) is 4.03. The van der Waals surface area contributed by atoms with Crippen molar-refractivity contribution in [3.63, 3.8) is 0 Å². The Kier molecular flexibility index (Phi) is 2.95. The number of amides is 1. The van der Waals surface area contributed by atoms with Gasteiger partial charge in [-0.25, -0.2) is 0 Å². The highest BCUT2D eigenvalue weighted by Gasteiger charge is 2.04. The quantitative estimate of drug-likeness (QED) is 0.727. The molecule has 1 amide bonds. The first-order chi connectivity index (χ1) is 5.59. The molecular weight excluding hydrogens is 197 g/mol. The minimum Gasteiger partial charge on any atom is -0.273 e. The number of hydrogen-bond donors (Lipinski definition) is 0. The molecule has 0 saturated heterocycles. The van der Waals surface area contributed by atoms with Crippen molar-refractivity contribution in [3.8, 4) is 0 Å².